The van der Waals surface area contributed by atoms with Gasteiger partial charge in [-0.3, -0.25) is 0 Å². The second-order valence-electron chi connectivity index (χ2n) is 2.91. The Bertz CT molecular complexity index is 480. The van der Waals surface area contributed by atoms with Gasteiger partial charge in [-0.15, -0.1) is 0 Å². The van der Waals surface area contributed by atoms with E-state index in [-0.39, 0.29) is 5.69 Å². The van der Waals surface area contributed by atoms with Gasteiger partial charge in [0.2, 0.25) is 6.08 Å². The number of rotatable bonds is 4. The highest BCUT2D eigenvalue weighted by Crippen LogP contribution is 2.40. The van der Waals surface area contributed by atoms with Gasteiger partial charge in [0.15, 0.2) is 5.75 Å². The molecule has 0 aliphatic heterocycles. The summed E-state index contributed by atoms with van der Waals surface area (Å²) in [4.78, 5) is 13.1. The maximum absolute atomic E-state index is 12.7. The van der Waals surface area contributed by atoms with Crippen LogP contribution in [-0.4, -0.2) is 18.6 Å². The van der Waals surface area contributed by atoms with Crippen LogP contribution in [0.1, 0.15) is 0 Å². The Balaban J connectivity index is 3.15. The second-order valence-corrected chi connectivity index (χ2v) is 3.72. The molecule has 9 heteroatoms. The lowest BCUT2D eigenvalue weighted by molar-refractivity contribution is -0.253. The Hall–Kier alpha value is -1.30. The maximum Gasteiger partial charge on any atom is 0.461 e. The standard InChI is InChI=1S/C9H3Cl2F4NO2/c10-5-1-4(16-3-17)2-6(11)7(5)18-9(14,15)8(12)13/h1-2,8H. The smallest absolute Gasteiger partial charge is 0.425 e. The quantitative estimate of drug-likeness (QED) is 0.475. The molecule has 1 rings (SSSR count). The summed E-state index contributed by atoms with van der Waals surface area (Å²) in [6.07, 6.45) is -7.60. The van der Waals surface area contributed by atoms with Gasteiger partial charge >= 0.3 is 12.5 Å². The van der Waals surface area contributed by atoms with Crippen LogP contribution in [0.4, 0.5) is 23.2 Å². The predicted octanol–water partition coefficient (Wildman–Crippen LogP) is 4.20. The highest BCUT2D eigenvalue weighted by molar-refractivity contribution is 6.37. The van der Waals surface area contributed by atoms with Crippen LogP contribution in [0.15, 0.2) is 17.1 Å². The van der Waals surface area contributed by atoms with Crippen LogP contribution >= 0.6 is 23.2 Å². The molecule has 0 aromatic heterocycles. The average molecular weight is 304 g/mol. The van der Waals surface area contributed by atoms with E-state index in [0.29, 0.717) is 0 Å². The zero-order valence-corrected chi connectivity index (χ0v) is 9.78. The fourth-order valence-corrected chi connectivity index (χ4v) is 1.49. The summed E-state index contributed by atoms with van der Waals surface area (Å²) in [5.74, 6) is -0.825. The molecule has 1 aromatic carbocycles. The molecule has 0 unspecified atom stereocenters. The monoisotopic (exact) mass is 303 g/mol. The van der Waals surface area contributed by atoms with Crippen LogP contribution in [0.5, 0.6) is 5.75 Å². The molecule has 98 valence electrons. The first-order valence-corrected chi connectivity index (χ1v) is 4.95. The topological polar surface area (TPSA) is 38.7 Å². The number of benzene rings is 1. The number of hydrogen-bond acceptors (Lipinski definition) is 3. The number of nitrogens with zero attached hydrogens (tertiary/aromatic N) is 1. The van der Waals surface area contributed by atoms with Crippen molar-refractivity contribution in [3.63, 3.8) is 0 Å². The second kappa shape index (κ2) is 5.56. The molecule has 18 heavy (non-hydrogen) atoms. The summed E-state index contributed by atoms with van der Waals surface area (Å²) >= 11 is 11.0. The highest BCUT2D eigenvalue weighted by atomic mass is 35.5. The molecule has 0 saturated heterocycles. The Labute approximate surface area is 108 Å². The summed E-state index contributed by atoms with van der Waals surface area (Å²) in [5.41, 5.74) is -0.0762. The lowest BCUT2D eigenvalue weighted by atomic mass is 10.3. The Kier molecular flexibility index (Phi) is 4.56. The third kappa shape index (κ3) is 3.35. The third-order valence-corrected chi connectivity index (χ3v) is 2.21. The van der Waals surface area contributed by atoms with Gasteiger partial charge in [0.25, 0.3) is 0 Å². The van der Waals surface area contributed by atoms with Gasteiger partial charge in [-0.25, -0.2) is 4.79 Å². The molecule has 0 aliphatic rings. The number of alkyl halides is 4. The van der Waals surface area contributed by atoms with Crippen molar-refractivity contribution in [3.05, 3.63) is 22.2 Å². The fraction of sp³-hybridized carbons (Fsp3) is 0.222. The van der Waals surface area contributed by atoms with Gasteiger partial charge in [-0.1, -0.05) is 23.2 Å². The highest BCUT2D eigenvalue weighted by Gasteiger charge is 2.44. The number of ether oxygens (including phenoxy) is 1. The number of hydrogen-bond donors (Lipinski definition) is 0. The lowest BCUT2D eigenvalue weighted by Gasteiger charge is -2.18. The SMILES string of the molecule is O=C=Nc1cc(Cl)c(OC(F)(F)C(F)F)c(Cl)c1. The Morgan fingerprint density at radius 1 is 1.28 bits per heavy atom. The minimum absolute atomic E-state index is 0.0762. The third-order valence-electron chi connectivity index (χ3n) is 1.65. The van der Waals surface area contributed by atoms with E-state index in [1.165, 1.54) is 6.08 Å². The van der Waals surface area contributed by atoms with Crippen molar-refractivity contribution in [1.29, 1.82) is 0 Å². The number of aliphatic imine (C=N–C) groups is 1. The van der Waals surface area contributed by atoms with Crippen LogP contribution < -0.4 is 4.74 Å². The zero-order valence-electron chi connectivity index (χ0n) is 8.26. The van der Waals surface area contributed by atoms with Crippen molar-refractivity contribution in [2.24, 2.45) is 4.99 Å². The molecule has 0 atom stereocenters. The summed E-state index contributed by atoms with van der Waals surface area (Å²) in [6, 6.07) is 1.88. The minimum Gasteiger partial charge on any atom is -0.425 e. The summed E-state index contributed by atoms with van der Waals surface area (Å²) in [6.45, 7) is 0. The molecule has 0 heterocycles. The van der Waals surface area contributed by atoms with E-state index >= 15 is 0 Å². The van der Waals surface area contributed by atoms with E-state index in [9.17, 15) is 22.4 Å². The predicted molar refractivity (Wildman–Crippen MR) is 55.8 cm³/mol. The van der Waals surface area contributed by atoms with Crippen LogP contribution in [-0.2, 0) is 4.79 Å². The Morgan fingerprint density at radius 3 is 2.17 bits per heavy atom. The van der Waals surface area contributed by atoms with Crippen molar-refractivity contribution in [1.82, 2.24) is 0 Å². The summed E-state index contributed by atoms with van der Waals surface area (Å²) in [7, 11) is 0. The first-order chi connectivity index (χ1) is 8.27. The molecule has 0 saturated carbocycles. The van der Waals surface area contributed by atoms with Gasteiger partial charge in [0.1, 0.15) is 0 Å². The van der Waals surface area contributed by atoms with Crippen molar-refractivity contribution >= 4 is 35.0 Å². The molecule has 0 spiro atoms. The van der Waals surface area contributed by atoms with Crippen molar-refractivity contribution in [3.8, 4) is 5.75 Å². The van der Waals surface area contributed by atoms with Crippen LogP contribution in [0.3, 0.4) is 0 Å². The lowest BCUT2D eigenvalue weighted by Crippen LogP contribution is -2.33. The molecule has 0 fully saturated rings. The van der Waals surface area contributed by atoms with Crippen molar-refractivity contribution in [2.45, 2.75) is 12.5 Å². The van der Waals surface area contributed by atoms with Crippen LogP contribution in [0.2, 0.25) is 10.0 Å². The average Bonchev–Trinajstić information content (AvgIpc) is 2.24. The molecule has 1 aromatic rings. The van der Waals surface area contributed by atoms with E-state index in [0.717, 1.165) is 12.1 Å². The summed E-state index contributed by atoms with van der Waals surface area (Å²) in [5, 5.41) is -0.978. The van der Waals surface area contributed by atoms with Gasteiger partial charge in [0, 0.05) is 0 Å². The van der Waals surface area contributed by atoms with E-state index < -0.39 is 28.3 Å². The molecular weight excluding hydrogens is 301 g/mol. The largest absolute Gasteiger partial charge is 0.461 e. The molecule has 0 aliphatic carbocycles. The van der Waals surface area contributed by atoms with E-state index in [2.05, 4.69) is 9.73 Å². The first-order valence-electron chi connectivity index (χ1n) is 4.20. The molecule has 0 amide bonds. The molecule has 0 bridgehead atoms. The van der Waals surface area contributed by atoms with Crippen molar-refractivity contribution in [2.75, 3.05) is 0 Å². The molecular formula is C9H3Cl2F4NO2. The van der Waals surface area contributed by atoms with E-state index in [1.807, 2.05) is 0 Å². The summed E-state index contributed by atoms with van der Waals surface area (Å²) < 4.78 is 53.0. The first kappa shape index (κ1) is 14.8. The van der Waals surface area contributed by atoms with Gasteiger partial charge < -0.3 is 4.74 Å². The number of carbonyl (C=O) groups excluding carboxylic acids is 1. The fourth-order valence-electron chi connectivity index (χ4n) is 0.942. The van der Waals surface area contributed by atoms with Crippen molar-refractivity contribution < 1.29 is 27.1 Å². The zero-order chi connectivity index (χ0) is 13.9. The number of halogens is 6. The van der Waals surface area contributed by atoms with Crippen LogP contribution in [0, 0.1) is 0 Å². The maximum atomic E-state index is 12.7. The van der Waals surface area contributed by atoms with Gasteiger partial charge in [0.05, 0.1) is 15.7 Å². The van der Waals surface area contributed by atoms with Gasteiger partial charge in [-0.2, -0.15) is 22.6 Å². The molecule has 0 N–H and O–H groups in total. The number of isocyanates is 1. The van der Waals surface area contributed by atoms with E-state index in [1.54, 1.807) is 0 Å². The minimum atomic E-state index is -4.73. The van der Waals surface area contributed by atoms with Gasteiger partial charge in [-0.05, 0) is 12.1 Å². The Morgan fingerprint density at radius 2 is 1.78 bits per heavy atom. The molecule has 3 nitrogen and oxygen atoms in total. The van der Waals surface area contributed by atoms with E-state index in [4.69, 9.17) is 23.2 Å². The molecule has 0 radical (unpaired) electrons. The normalized spacial score (nSPS) is 11.3. The van der Waals surface area contributed by atoms with Crippen LogP contribution in [0.25, 0.3) is 0 Å².